The minimum Gasteiger partial charge on any atom is -0.331 e. The number of amides is 3. The van der Waals surface area contributed by atoms with Crippen molar-refractivity contribution in [3.63, 3.8) is 0 Å². The third kappa shape index (κ3) is 5.15. The fourth-order valence-corrected chi connectivity index (χ4v) is 2.74. The van der Waals surface area contributed by atoms with Gasteiger partial charge in [-0.1, -0.05) is 35.3 Å². The van der Waals surface area contributed by atoms with Crippen molar-refractivity contribution in [3.05, 3.63) is 58.1 Å². The van der Waals surface area contributed by atoms with Crippen LogP contribution >= 0.6 is 23.2 Å². The molecule has 126 valence electrons. The Kier molecular flexibility index (Phi) is 6.06. The number of halogens is 2. The van der Waals surface area contributed by atoms with E-state index in [2.05, 4.69) is 16.0 Å². The smallest absolute Gasteiger partial charge is 0.319 e. The SMILES string of the molecule is CC(=O)Nc1cccc(NC(=O)NC(C)c2ccc(Cl)cc2Cl)c1. The number of carbonyl (C=O) groups is 2. The van der Waals surface area contributed by atoms with E-state index in [9.17, 15) is 9.59 Å². The van der Waals surface area contributed by atoms with Crippen LogP contribution in [-0.4, -0.2) is 11.9 Å². The highest BCUT2D eigenvalue weighted by atomic mass is 35.5. The first-order valence-electron chi connectivity index (χ1n) is 7.25. The molecule has 1 atom stereocenters. The van der Waals surface area contributed by atoms with Gasteiger partial charge in [-0.3, -0.25) is 4.79 Å². The van der Waals surface area contributed by atoms with E-state index < -0.39 is 0 Å². The first kappa shape index (κ1) is 18.1. The summed E-state index contributed by atoms with van der Waals surface area (Å²) in [4.78, 5) is 23.2. The maximum Gasteiger partial charge on any atom is 0.319 e. The summed E-state index contributed by atoms with van der Waals surface area (Å²) in [5.74, 6) is -0.178. The molecular formula is C17H17Cl2N3O2. The van der Waals surface area contributed by atoms with Gasteiger partial charge in [0.2, 0.25) is 5.91 Å². The summed E-state index contributed by atoms with van der Waals surface area (Å²) < 4.78 is 0. The van der Waals surface area contributed by atoms with E-state index >= 15 is 0 Å². The van der Waals surface area contributed by atoms with Crippen LogP contribution in [0.1, 0.15) is 25.5 Å². The third-order valence-corrected chi connectivity index (χ3v) is 3.78. The summed E-state index contributed by atoms with van der Waals surface area (Å²) in [6, 6.07) is 11.3. The molecule has 2 aromatic carbocycles. The summed E-state index contributed by atoms with van der Waals surface area (Å²) in [5, 5.41) is 9.20. The van der Waals surface area contributed by atoms with Gasteiger partial charge in [0.1, 0.15) is 0 Å². The van der Waals surface area contributed by atoms with Gasteiger partial charge in [0, 0.05) is 28.3 Å². The molecular weight excluding hydrogens is 349 g/mol. The molecule has 0 aliphatic rings. The van der Waals surface area contributed by atoms with Crippen molar-refractivity contribution in [3.8, 4) is 0 Å². The van der Waals surface area contributed by atoms with Crippen molar-refractivity contribution in [2.75, 3.05) is 10.6 Å². The molecule has 0 aromatic heterocycles. The zero-order chi connectivity index (χ0) is 17.7. The molecule has 24 heavy (non-hydrogen) atoms. The second-order valence-electron chi connectivity index (χ2n) is 5.25. The van der Waals surface area contributed by atoms with Crippen molar-refractivity contribution in [1.82, 2.24) is 5.32 Å². The lowest BCUT2D eigenvalue weighted by molar-refractivity contribution is -0.114. The van der Waals surface area contributed by atoms with E-state index in [1.54, 1.807) is 42.5 Å². The Bertz CT molecular complexity index is 765. The topological polar surface area (TPSA) is 70.2 Å². The lowest BCUT2D eigenvalue weighted by Crippen LogP contribution is -2.31. The van der Waals surface area contributed by atoms with Crippen molar-refractivity contribution < 1.29 is 9.59 Å². The Morgan fingerprint density at radius 2 is 1.67 bits per heavy atom. The fourth-order valence-electron chi connectivity index (χ4n) is 2.17. The van der Waals surface area contributed by atoms with Crippen molar-refractivity contribution in [1.29, 1.82) is 0 Å². The quantitative estimate of drug-likeness (QED) is 0.725. The summed E-state index contributed by atoms with van der Waals surface area (Å²) in [6.07, 6.45) is 0. The standard InChI is InChI=1S/C17H17Cl2N3O2/c1-10(15-7-6-12(18)8-16(15)19)20-17(24)22-14-5-3-4-13(9-14)21-11(2)23/h3-10H,1-2H3,(H,21,23)(H2,20,22,24). The summed E-state index contributed by atoms with van der Waals surface area (Å²) in [7, 11) is 0. The van der Waals surface area contributed by atoms with Gasteiger partial charge in [0.25, 0.3) is 0 Å². The molecule has 0 radical (unpaired) electrons. The van der Waals surface area contributed by atoms with E-state index in [0.717, 1.165) is 5.56 Å². The molecule has 0 fully saturated rings. The lowest BCUT2D eigenvalue weighted by atomic mass is 10.1. The van der Waals surface area contributed by atoms with Crippen LogP contribution in [0.4, 0.5) is 16.2 Å². The molecule has 7 heteroatoms. The zero-order valence-corrected chi connectivity index (χ0v) is 14.7. The van der Waals surface area contributed by atoms with Crippen LogP contribution in [0.3, 0.4) is 0 Å². The van der Waals surface area contributed by atoms with E-state index in [1.165, 1.54) is 6.92 Å². The maximum absolute atomic E-state index is 12.1. The van der Waals surface area contributed by atoms with Crippen molar-refractivity contribution in [2.45, 2.75) is 19.9 Å². The van der Waals surface area contributed by atoms with E-state index in [4.69, 9.17) is 23.2 Å². The second-order valence-corrected chi connectivity index (χ2v) is 6.09. The molecule has 3 amide bonds. The number of hydrogen-bond donors (Lipinski definition) is 3. The second kappa shape index (κ2) is 8.04. The van der Waals surface area contributed by atoms with Gasteiger partial charge in [-0.2, -0.15) is 0 Å². The maximum atomic E-state index is 12.1. The van der Waals surface area contributed by atoms with Gasteiger partial charge in [0.05, 0.1) is 6.04 Å². The number of nitrogens with one attached hydrogen (secondary N) is 3. The highest BCUT2D eigenvalue weighted by Gasteiger charge is 2.13. The van der Waals surface area contributed by atoms with Gasteiger partial charge >= 0.3 is 6.03 Å². The van der Waals surface area contributed by atoms with Crippen LogP contribution in [0.25, 0.3) is 0 Å². The average Bonchev–Trinajstić information content (AvgIpc) is 2.46. The van der Waals surface area contributed by atoms with Crippen LogP contribution in [0, 0.1) is 0 Å². The van der Waals surface area contributed by atoms with Crippen molar-refractivity contribution >= 4 is 46.5 Å². The minimum atomic E-state index is -0.381. The van der Waals surface area contributed by atoms with E-state index in [0.29, 0.717) is 21.4 Å². The van der Waals surface area contributed by atoms with E-state index in [-0.39, 0.29) is 18.0 Å². The molecule has 3 N–H and O–H groups in total. The molecule has 0 spiro atoms. The summed E-state index contributed by atoms with van der Waals surface area (Å²) in [5.41, 5.74) is 1.94. The van der Waals surface area contributed by atoms with Crippen molar-refractivity contribution in [2.24, 2.45) is 0 Å². The Hall–Kier alpha value is -2.24. The van der Waals surface area contributed by atoms with Gasteiger partial charge < -0.3 is 16.0 Å². The predicted octanol–water partition coefficient (Wildman–Crippen LogP) is 4.83. The number of anilines is 2. The highest BCUT2D eigenvalue weighted by molar-refractivity contribution is 6.35. The van der Waals surface area contributed by atoms with Crippen LogP contribution in [-0.2, 0) is 4.79 Å². The Balaban J connectivity index is 2.01. The zero-order valence-electron chi connectivity index (χ0n) is 13.2. The normalized spacial score (nSPS) is 11.5. The lowest BCUT2D eigenvalue weighted by Gasteiger charge is -2.17. The van der Waals surface area contributed by atoms with Gasteiger partial charge in [-0.15, -0.1) is 0 Å². The third-order valence-electron chi connectivity index (χ3n) is 3.22. The number of carbonyl (C=O) groups excluding carboxylic acids is 2. The molecule has 0 aliphatic heterocycles. The first-order chi connectivity index (χ1) is 11.3. The molecule has 0 heterocycles. The number of benzene rings is 2. The summed E-state index contributed by atoms with van der Waals surface area (Å²) in [6.45, 7) is 3.24. The summed E-state index contributed by atoms with van der Waals surface area (Å²) >= 11 is 12.0. The molecule has 2 aromatic rings. The van der Waals surface area contributed by atoms with Crippen LogP contribution < -0.4 is 16.0 Å². The monoisotopic (exact) mass is 365 g/mol. The molecule has 0 bridgehead atoms. The molecule has 5 nitrogen and oxygen atoms in total. The van der Waals surface area contributed by atoms with Crippen LogP contribution in [0.5, 0.6) is 0 Å². The number of urea groups is 1. The van der Waals surface area contributed by atoms with Gasteiger partial charge in [-0.05, 0) is 42.8 Å². The van der Waals surface area contributed by atoms with Crippen LogP contribution in [0.15, 0.2) is 42.5 Å². The Morgan fingerprint density at radius 3 is 2.29 bits per heavy atom. The predicted molar refractivity (Wildman–Crippen MR) is 97.8 cm³/mol. The Labute approximate surface area is 150 Å². The highest BCUT2D eigenvalue weighted by Crippen LogP contribution is 2.26. The molecule has 2 rings (SSSR count). The first-order valence-corrected chi connectivity index (χ1v) is 8.01. The number of rotatable bonds is 4. The average molecular weight is 366 g/mol. The fraction of sp³-hybridized carbons (Fsp3) is 0.176. The molecule has 0 saturated carbocycles. The largest absolute Gasteiger partial charge is 0.331 e. The van der Waals surface area contributed by atoms with Gasteiger partial charge in [-0.25, -0.2) is 4.79 Å². The van der Waals surface area contributed by atoms with Crippen LogP contribution in [0.2, 0.25) is 10.0 Å². The molecule has 0 aliphatic carbocycles. The Morgan fingerprint density at radius 1 is 1.00 bits per heavy atom. The minimum absolute atomic E-state index is 0.178. The van der Waals surface area contributed by atoms with Gasteiger partial charge in [0.15, 0.2) is 0 Å². The number of hydrogen-bond acceptors (Lipinski definition) is 2. The molecule has 1 unspecified atom stereocenters. The molecule has 0 saturated heterocycles. The van der Waals surface area contributed by atoms with E-state index in [1.807, 2.05) is 6.92 Å².